The maximum Gasteiger partial charge on any atom is 0.147 e. The van der Waals surface area contributed by atoms with Crippen LogP contribution in [0.15, 0.2) is 24.3 Å². The van der Waals surface area contributed by atoms with Gasteiger partial charge in [0.25, 0.3) is 0 Å². The second-order valence-electron chi connectivity index (χ2n) is 7.61. The first-order valence-corrected chi connectivity index (χ1v) is 10.0. The van der Waals surface area contributed by atoms with Crippen molar-refractivity contribution in [2.24, 2.45) is 0 Å². The Labute approximate surface area is 184 Å². The van der Waals surface area contributed by atoms with Gasteiger partial charge in [0.15, 0.2) is 0 Å². The van der Waals surface area contributed by atoms with Crippen LogP contribution in [-0.2, 0) is 9.47 Å². The van der Waals surface area contributed by atoms with E-state index >= 15 is 0 Å². The van der Waals surface area contributed by atoms with Crippen molar-refractivity contribution in [3.8, 4) is 23.7 Å². The predicted octanol–water partition coefficient (Wildman–Crippen LogP) is -3.93. The lowest BCUT2D eigenvalue weighted by atomic mass is 9.95. The molecule has 10 heteroatoms. The Morgan fingerprint density at radius 3 is 1.22 bits per heavy atom. The highest BCUT2D eigenvalue weighted by molar-refractivity contribution is 5.43. The van der Waals surface area contributed by atoms with Crippen molar-refractivity contribution in [3.63, 3.8) is 0 Å². The Hall–Kier alpha value is -2.06. The van der Waals surface area contributed by atoms with E-state index in [4.69, 9.17) is 9.47 Å². The number of ether oxygens (including phenoxy) is 2. The van der Waals surface area contributed by atoms with Gasteiger partial charge in [0.1, 0.15) is 61.0 Å². The summed E-state index contributed by atoms with van der Waals surface area (Å²) < 4.78 is 10.7. The Balaban J connectivity index is 1.67. The van der Waals surface area contributed by atoms with Crippen LogP contribution in [0.2, 0.25) is 0 Å². The molecule has 0 aliphatic carbocycles. The summed E-state index contributed by atoms with van der Waals surface area (Å²) in [4.78, 5) is 0. The topological polar surface area (TPSA) is 180 Å². The van der Waals surface area contributed by atoms with Gasteiger partial charge in [-0.05, 0) is 24.3 Å². The van der Waals surface area contributed by atoms with E-state index in [1.807, 2.05) is 0 Å². The van der Waals surface area contributed by atoms with Crippen molar-refractivity contribution in [3.05, 3.63) is 35.4 Å². The van der Waals surface area contributed by atoms with E-state index in [1.165, 1.54) is 0 Å². The molecule has 2 saturated heterocycles. The monoisotopic (exact) mass is 450 g/mol. The third kappa shape index (κ3) is 5.29. The zero-order chi connectivity index (χ0) is 23.4. The molecule has 10 nitrogen and oxygen atoms in total. The molecule has 2 aliphatic heterocycles. The van der Waals surface area contributed by atoms with Gasteiger partial charge in [0.05, 0.1) is 13.2 Å². The average molecular weight is 450 g/mol. The highest BCUT2D eigenvalue weighted by Gasteiger charge is 2.43. The summed E-state index contributed by atoms with van der Waals surface area (Å²) in [5.41, 5.74) is 1.08. The molecule has 2 aliphatic rings. The molecule has 0 aromatic heterocycles. The first-order valence-electron chi connectivity index (χ1n) is 10.0. The van der Waals surface area contributed by atoms with Crippen LogP contribution < -0.4 is 0 Å². The highest BCUT2D eigenvalue weighted by Crippen LogP contribution is 2.22. The summed E-state index contributed by atoms with van der Waals surface area (Å²) in [6.45, 7) is -1.07. The Bertz CT molecular complexity index is 805. The Morgan fingerprint density at radius 2 is 0.906 bits per heavy atom. The average Bonchev–Trinajstić information content (AvgIpc) is 2.81. The van der Waals surface area contributed by atoms with Crippen LogP contribution in [0.1, 0.15) is 11.1 Å². The number of hydrogen-bond donors (Lipinski definition) is 8. The summed E-state index contributed by atoms with van der Waals surface area (Å²) in [5, 5.41) is 77.6. The molecule has 2 heterocycles. The lowest BCUT2D eigenvalue weighted by molar-refractivity contribution is -0.214. The second-order valence-corrected chi connectivity index (χ2v) is 7.61. The van der Waals surface area contributed by atoms with Gasteiger partial charge < -0.3 is 50.3 Å². The maximum atomic E-state index is 10.0. The van der Waals surface area contributed by atoms with Crippen LogP contribution in [0.5, 0.6) is 0 Å². The quantitative estimate of drug-likeness (QED) is 0.207. The molecule has 8 N–H and O–H groups in total. The summed E-state index contributed by atoms with van der Waals surface area (Å²) in [5.74, 6) is 10.9. The number of hydrogen-bond acceptors (Lipinski definition) is 10. The predicted molar refractivity (Wildman–Crippen MR) is 108 cm³/mol. The molecule has 1 unspecified atom stereocenters. The molecule has 0 radical (unpaired) electrons. The number of benzene rings is 1. The summed E-state index contributed by atoms with van der Waals surface area (Å²) in [7, 11) is 0. The standard InChI is InChI=1S/C22H26O10/c23-9-15-19(27)21(29)17(25)13(31-15)7-5-11-1-2-12(4-3-11)6-8-14-18(26)22(30)20(28)16(10-24)32-14/h1-4,13-30H,9-10H2/t13-,14?,15-,16-,17-,18-,19-,20-,21-,22-/m1/s1. The zero-order valence-corrected chi connectivity index (χ0v) is 16.9. The molecule has 1 aromatic rings. The highest BCUT2D eigenvalue weighted by atomic mass is 16.5. The van der Waals surface area contributed by atoms with Crippen molar-refractivity contribution in [1.82, 2.24) is 0 Å². The minimum Gasteiger partial charge on any atom is -0.394 e. The summed E-state index contributed by atoms with van der Waals surface area (Å²) in [6.07, 6.45) is -13.1. The fourth-order valence-corrected chi connectivity index (χ4v) is 3.39. The molecule has 32 heavy (non-hydrogen) atoms. The lowest BCUT2D eigenvalue weighted by Crippen LogP contribution is -2.58. The Morgan fingerprint density at radius 1 is 0.562 bits per heavy atom. The fraction of sp³-hybridized carbons (Fsp3) is 0.545. The summed E-state index contributed by atoms with van der Waals surface area (Å²) >= 11 is 0. The SMILES string of the molecule is OC[C@H]1O[C@H](C#Cc2ccc(C#CC3O[C@H](CO)[C@@H](O)[C@H](O)[C@@H]3O)cc2)[C@@H](O)[C@@H](O)[C@@H]1O. The van der Waals surface area contributed by atoms with Crippen LogP contribution in [0.4, 0.5) is 0 Å². The number of rotatable bonds is 2. The van der Waals surface area contributed by atoms with E-state index in [0.29, 0.717) is 11.1 Å². The third-order valence-corrected chi connectivity index (χ3v) is 5.39. The van der Waals surface area contributed by atoms with Gasteiger partial charge in [-0.25, -0.2) is 0 Å². The van der Waals surface area contributed by atoms with Crippen LogP contribution in [-0.4, -0.2) is 115 Å². The van der Waals surface area contributed by atoms with E-state index in [-0.39, 0.29) is 0 Å². The van der Waals surface area contributed by atoms with Crippen LogP contribution in [0.25, 0.3) is 0 Å². The van der Waals surface area contributed by atoms with Gasteiger partial charge in [0, 0.05) is 11.1 Å². The lowest BCUT2D eigenvalue weighted by Gasteiger charge is -2.37. The van der Waals surface area contributed by atoms with Gasteiger partial charge in [-0.3, -0.25) is 0 Å². The molecule has 10 atom stereocenters. The summed E-state index contributed by atoms with van der Waals surface area (Å²) in [6, 6.07) is 6.53. The van der Waals surface area contributed by atoms with E-state index in [0.717, 1.165) is 0 Å². The van der Waals surface area contributed by atoms with Crippen molar-refractivity contribution in [1.29, 1.82) is 0 Å². The zero-order valence-electron chi connectivity index (χ0n) is 16.9. The van der Waals surface area contributed by atoms with Crippen molar-refractivity contribution in [2.45, 2.75) is 61.0 Å². The number of aliphatic hydroxyl groups is 8. The smallest absolute Gasteiger partial charge is 0.147 e. The van der Waals surface area contributed by atoms with Crippen LogP contribution in [0.3, 0.4) is 0 Å². The molecule has 3 rings (SSSR count). The first-order chi connectivity index (χ1) is 15.3. The largest absolute Gasteiger partial charge is 0.394 e. The van der Waals surface area contributed by atoms with Gasteiger partial charge in [-0.2, -0.15) is 0 Å². The van der Waals surface area contributed by atoms with Crippen LogP contribution in [0, 0.1) is 23.7 Å². The molecule has 0 bridgehead atoms. The molecule has 174 valence electrons. The van der Waals surface area contributed by atoms with Crippen molar-refractivity contribution in [2.75, 3.05) is 13.2 Å². The van der Waals surface area contributed by atoms with E-state index in [1.54, 1.807) is 24.3 Å². The third-order valence-electron chi connectivity index (χ3n) is 5.39. The van der Waals surface area contributed by atoms with Crippen molar-refractivity contribution >= 4 is 0 Å². The molecule has 1 aromatic carbocycles. The minimum absolute atomic E-state index is 0.537. The minimum atomic E-state index is -1.50. The van der Waals surface area contributed by atoms with Crippen molar-refractivity contribution < 1.29 is 50.3 Å². The molecule has 2 fully saturated rings. The van der Waals surface area contributed by atoms with E-state index < -0.39 is 74.3 Å². The van der Waals surface area contributed by atoms with Gasteiger partial charge in [0.2, 0.25) is 0 Å². The Kier molecular flexibility index (Phi) is 8.22. The molecular weight excluding hydrogens is 424 g/mol. The van der Waals surface area contributed by atoms with E-state index in [9.17, 15) is 40.9 Å². The second kappa shape index (κ2) is 10.7. The normalized spacial score (nSPS) is 39.4. The molecular formula is C22H26O10. The van der Waals surface area contributed by atoms with Crippen LogP contribution >= 0.6 is 0 Å². The van der Waals surface area contributed by atoms with Gasteiger partial charge in [-0.1, -0.05) is 23.7 Å². The maximum absolute atomic E-state index is 10.0. The number of aliphatic hydroxyl groups excluding tert-OH is 8. The first kappa shape index (κ1) is 24.6. The molecule has 0 amide bonds. The van der Waals surface area contributed by atoms with E-state index in [2.05, 4.69) is 23.7 Å². The van der Waals surface area contributed by atoms with Gasteiger partial charge >= 0.3 is 0 Å². The van der Waals surface area contributed by atoms with Gasteiger partial charge in [-0.15, -0.1) is 0 Å². The molecule has 0 saturated carbocycles. The fourth-order valence-electron chi connectivity index (χ4n) is 3.39. The molecule has 0 spiro atoms.